The molecule has 1 aliphatic carbocycles. The van der Waals surface area contributed by atoms with E-state index in [1.54, 1.807) is 6.92 Å². The van der Waals surface area contributed by atoms with Crippen LogP contribution in [-0.2, 0) is 30.2 Å². The Hall–Kier alpha value is -2.36. The van der Waals surface area contributed by atoms with Crippen LogP contribution in [0.1, 0.15) is 68.4 Å². The molecule has 1 aliphatic rings. The minimum Gasteiger partial charge on any atom is -0.367 e. The third kappa shape index (κ3) is 3.30. The van der Waals surface area contributed by atoms with Crippen LogP contribution < -0.4 is 11.5 Å². The largest absolute Gasteiger partial charge is 0.435 e. The molecule has 1 atom stereocenters. The fraction of sp³-hybridized carbons (Fsp3) is 0.500. The van der Waals surface area contributed by atoms with Crippen LogP contribution in [0.25, 0.3) is 0 Å². The highest BCUT2D eigenvalue weighted by molar-refractivity contribution is 7.12. The smallest absolute Gasteiger partial charge is 0.367 e. The molecule has 0 fully saturated rings. The maximum atomic E-state index is 13.5. The summed E-state index contributed by atoms with van der Waals surface area (Å²) in [5.41, 5.74) is 11.4. The van der Waals surface area contributed by atoms with Crippen molar-refractivity contribution in [2.45, 2.75) is 58.2 Å². The second-order valence-electron chi connectivity index (χ2n) is 6.82. The van der Waals surface area contributed by atoms with Gasteiger partial charge >= 0.3 is 6.18 Å². The van der Waals surface area contributed by atoms with Crippen molar-refractivity contribution in [1.29, 1.82) is 0 Å². The number of rotatable bonds is 5. The molecule has 0 radical (unpaired) electrons. The molecule has 2 heterocycles. The van der Waals surface area contributed by atoms with E-state index in [1.165, 1.54) is 0 Å². The van der Waals surface area contributed by atoms with Crippen LogP contribution in [0.4, 0.5) is 13.2 Å². The summed E-state index contributed by atoms with van der Waals surface area (Å²) in [6, 6.07) is -1.31. The highest BCUT2D eigenvalue weighted by Crippen LogP contribution is 2.40. The molecule has 152 valence electrons. The summed E-state index contributed by atoms with van der Waals surface area (Å²) >= 11 is 1.15. The van der Waals surface area contributed by atoms with Crippen LogP contribution in [0, 0.1) is 6.92 Å². The molecule has 0 aromatic carbocycles. The first-order chi connectivity index (χ1) is 13.1. The highest BCUT2D eigenvalue weighted by atomic mass is 32.1. The summed E-state index contributed by atoms with van der Waals surface area (Å²) in [6.45, 7) is 3.61. The molecule has 28 heavy (non-hydrogen) atoms. The zero-order chi connectivity index (χ0) is 20.8. The van der Waals surface area contributed by atoms with Gasteiger partial charge in [-0.1, -0.05) is 6.92 Å². The number of fused-ring (bicyclic) bond motifs is 1. The summed E-state index contributed by atoms with van der Waals surface area (Å²) in [5.74, 6) is -1.62. The molecule has 6 nitrogen and oxygen atoms in total. The fourth-order valence-corrected chi connectivity index (χ4v) is 5.27. The van der Waals surface area contributed by atoms with E-state index in [0.717, 1.165) is 20.9 Å². The lowest BCUT2D eigenvalue weighted by atomic mass is 9.95. The predicted molar refractivity (Wildman–Crippen MR) is 98.2 cm³/mol. The van der Waals surface area contributed by atoms with E-state index in [1.807, 2.05) is 6.92 Å². The van der Waals surface area contributed by atoms with Gasteiger partial charge in [-0.2, -0.15) is 18.3 Å². The van der Waals surface area contributed by atoms with Crippen molar-refractivity contribution in [3.05, 3.63) is 37.8 Å². The molecule has 0 saturated heterocycles. The third-order valence-corrected chi connectivity index (χ3v) is 6.28. The van der Waals surface area contributed by atoms with E-state index in [9.17, 15) is 22.8 Å². The van der Waals surface area contributed by atoms with E-state index < -0.39 is 29.7 Å². The lowest BCUT2D eigenvalue weighted by molar-refractivity contribution is -0.142. The first kappa shape index (κ1) is 20.4. The summed E-state index contributed by atoms with van der Waals surface area (Å²) < 4.78 is 41.6. The van der Waals surface area contributed by atoms with Crippen LogP contribution in [0.2, 0.25) is 0 Å². The van der Waals surface area contributed by atoms with Gasteiger partial charge in [0, 0.05) is 16.1 Å². The molecular formula is C18H21F3N4O2S. The lowest BCUT2D eigenvalue weighted by Crippen LogP contribution is -2.31. The van der Waals surface area contributed by atoms with Gasteiger partial charge in [-0.25, -0.2) is 0 Å². The van der Waals surface area contributed by atoms with Crippen molar-refractivity contribution in [3.8, 4) is 0 Å². The maximum absolute atomic E-state index is 13.5. The minimum absolute atomic E-state index is 0.106. The quantitative estimate of drug-likeness (QED) is 0.786. The van der Waals surface area contributed by atoms with Crippen LogP contribution in [0.15, 0.2) is 0 Å². The average molecular weight is 414 g/mol. The van der Waals surface area contributed by atoms with E-state index >= 15 is 0 Å². The summed E-state index contributed by atoms with van der Waals surface area (Å²) in [4.78, 5) is 25.5. The molecule has 2 aromatic heterocycles. The van der Waals surface area contributed by atoms with Gasteiger partial charge in [0.15, 0.2) is 11.7 Å². The maximum Gasteiger partial charge on any atom is 0.435 e. The van der Waals surface area contributed by atoms with Crippen LogP contribution in [-0.4, -0.2) is 21.6 Å². The highest BCUT2D eigenvalue weighted by Gasteiger charge is 2.42. The van der Waals surface area contributed by atoms with E-state index in [4.69, 9.17) is 11.5 Å². The third-order valence-electron chi connectivity index (χ3n) is 5.08. The van der Waals surface area contributed by atoms with Gasteiger partial charge in [0.1, 0.15) is 0 Å². The molecule has 2 aromatic rings. The van der Waals surface area contributed by atoms with Crippen molar-refractivity contribution in [1.82, 2.24) is 9.78 Å². The Morgan fingerprint density at radius 3 is 2.43 bits per heavy atom. The van der Waals surface area contributed by atoms with Crippen LogP contribution in [0.3, 0.4) is 0 Å². The van der Waals surface area contributed by atoms with E-state index in [-0.39, 0.29) is 22.4 Å². The Morgan fingerprint density at radius 2 is 1.89 bits per heavy atom. The number of halogens is 3. The molecule has 0 aliphatic heterocycles. The average Bonchev–Trinajstić information content (AvgIpc) is 3.13. The van der Waals surface area contributed by atoms with Crippen molar-refractivity contribution < 1.29 is 22.8 Å². The van der Waals surface area contributed by atoms with Gasteiger partial charge in [-0.3, -0.25) is 14.3 Å². The zero-order valence-electron chi connectivity index (χ0n) is 15.5. The number of aryl methyl sites for hydroxylation is 1. The van der Waals surface area contributed by atoms with Crippen molar-refractivity contribution in [2.75, 3.05) is 0 Å². The standard InChI is InChI=1S/C18H21F3N4O2S/c1-3-9-8(2)28-14(12(9)16(22)26)13(17(23)27)25-11-7-5-4-6-10(11)15(24-25)18(19,20)21/h13H,3-7H2,1-2H3,(H2,22,26)(H2,23,27). The van der Waals surface area contributed by atoms with Gasteiger partial charge < -0.3 is 11.5 Å². The van der Waals surface area contributed by atoms with Crippen LogP contribution in [0.5, 0.6) is 0 Å². The second kappa shape index (κ2) is 7.23. The summed E-state index contributed by atoms with van der Waals surface area (Å²) in [6.07, 6.45) is -2.24. The van der Waals surface area contributed by atoms with Crippen LogP contribution >= 0.6 is 11.3 Å². The number of carbonyl (C=O) groups is 2. The van der Waals surface area contributed by atoms with Gasteiger partial charge in [0.2, 0.25) is 11.8 Å². The van der Waals surface area contributed by atoms with Gasteiger partial charge in [0.05, 0.1) is 10.4 Å². The summed E-state index contributed by atoms with van der Waals surface area (Å²) in [5, 5.41) is 3.77. The van der Waals surface area contributed by atoms with E-state index in [2.05, 4.69) is 5.10 Å². The zero-order valence-corrected chi connectivity index (χ0v) is 16.3. The monoisotopic (exact) mass is 414 g/mol. The van der Waals surface area contributed by atoms with Crippen molar-refractivity contribution >= 4 is 23.2 Å². The predicted octanol–water partition coefficient (Wildman–Crippen LogP) is 2.89. The Kier molecular flexibility index (Phi) is 5.26. The first-order valence-corrected chi connectivity index (χ1v) is 9.78. The molecule has 4 N–H and O–H groups in total. The van der Waals surface area contributed by atoms with Gasteiger partial charge in [0.25, 0.3) is 0 Å². The number of thiophene rings is 1. The Bertz CT molecular complexity index is 946. The van der Waals surface area contributed by atoms with Crippen molar-refractivity contribution in [2.24, 2.45) is 11.5 Å². The number of alkyl halides is 3. The Morgan fingerprint density at radius 1 is 1.25 bits per heavy atom. The van der Waals surface area contributed by atoms with Gasteiger partial charge in [-0.05, 0) is 44.6 Å². The molecule has 10 heteroatoms. The van der Waals surface area contributed by atoms with Crippen molar-refractivity contribution in [3.63, 3.8) is 0 Å². The summed E-state index contributed by atoms with van der Waals surface area (Å²) in [7, 11) is 0. The molecule has 0 saturated carbocycles. The first-order valence-electron chi connectivity index (χ1n) is 8.96. The SMILES string of the molecule is CCc1c(C)sc(C(C(N)=O)n2nc(C(F)(F)F)c3c2CCCC3)c1C(N)=O. The molecule has 0 spiro atoms. The topological polar surface area (TPSA) is 104 Å². The normalized spacial score (nSPS) is 15.3. The number of amides is 2. The number of hydrogen-bond donors (Lipinski definition) is 2. The van der Waals surface area contributed by atoms with E-state index in [0.29, 0.717) is 36.9 Å². The lowest BCUT2D eigenvalue weighted by Gasteiger charge is -2.20. The number of nitrogens with two attached hydrogens (primary N) is 2. The Balaban J connectivity index is 2.28. The molecule has 2 amide bonds. The molecule has 0 bridgehead atoms. The number of carbonyl (C=O) groups excluding carboxylic acids is 2. The molecule has 3 rings (SSSR count). The minimum atomic E-state index is -4.64. The van der Waals surface area contributed by atoms with Gasteiger partial charge in [-0.15, -0.1) is 11.3 Å². The number of aromatic nitrogens is 2. The molecule has 1 unspecified atom stereocenters. The number of nitrogens with zero attached hydrogens (tertiary/aromatic N) is 2. The number of primary amides is 2. The number of hydrogen-bond acceptors (Lipinski definition) is 4. The molecular weight excluding hydrogens is 393 g/mol. The fourth-order valence-electron chi connectivity index (χ4n) is 3.92. The second-order valence-corrected chi connectivity index (χ2v) is 8.08. The Labute approximate surface area is 163 Å².